The minimum atomic E-state index is -4.37. The van der Waals surface area contributed by atoms with Crippen LogP contribution in [-0.4, -0.2) is 31.7 Å². The summed E-state index contributed by atoms with van der Waals surface area (Å²) in [6, 6.07) is 11.1. The molecular formula is C19H20ClF3N2O3. The van der Waals surface area contributed by atoms with Gasteiger partial charge in [0.1, 0.15) is 17.5 Å². The van der Waals surface area contributed by atoms with E-state index in [1.807, 2.05) is 0 Å². The fourth-order valence-electron chi connectivity index (χ4n) is 2.57. The Labute approximate surface area is 166 Å². The summed E-state index contributed by atoms with van der Waals surface area (Å²) in [6.07, 6.45) is -4.37. The summed E-state index contributed by atoms with van der Waals surface area (Å²) in [5.74, 6) is 0.680. The maximum absolute atomic E-state index is 12.6. The summed E-state index contributed by atoms with van der Waals surface area (Å²) in [4.78, 5) is 12.0. The summed E-state index contributed by atoms with van der Waals surface area (Å²) in [5, 5.41) is 5.91. The maximum Gasteiger partial charge on any atom is 0.416 e. The fraction of sp³-hybridized carbons (Fsp3) is 0.316. The minimum absolute atomic E-state index is 0. The molecule has 1 unspecified atom stereocenters. The van der Waals surface area contributed by atoms with Crippen LogP contribution in [0.2, 0.25) is 0 Å². The Hall–Kier alpha value is -2.29. The average molecular weight is 417 g/mol. The van der Waals surface area contributed by atoms with Crippen molar-refractivity contribution in [3.63, 3.8) is 0 Å². The number of halogens is 4. The van der Waals surface area contributed by atoms with Crippen molar-refractivity contribution < 1.29 is 27.4 Å². The first-order valence-electron chi connectivity index (χ1n) is 8.45. The van der Waals surface area contributed by atoms with E-state index in [4.69, 9.17) is 9.47 Å². The van der Waals surface area contributed by atoms with Crippen molar-refractivity contribution >= 4 is 18.3 Å². The number of carbonyl (C=O) groups excluding carboxylic acids is 1. The first-order valence-corrected chi connectivity index (χ1v) is 8.45. The highest BCUT2D eigenvalue weighted by molar-refractivity contribution is 5.85. The van der Waals surface area contributed by atoms with E-state index in [0.29, 0.717) is 37.8 Å². The van der Waals surface area contributed by atoms with Gasteiger partial charge in [0.15, 0.2) is 0 Å². The summed E-state index contributed by atoms with van der Waals surface area (Å²) < 4.78 is 48.5. The topological polar surface area (TPSA) is 59.6 Å². The first-order chi connectivity index (χ1) is 12.9. The number of hydrogen-bond donors (Lipinski definition) is 2. The Morgan fingerprint density at radius 2 is 1.71 bits per heavy atom. The minimum Gasteiger partial charge on any atom is -0.457 e. The molecule has 5 nitrogen and oxygen atoms in total. The van der Waals surface area contributed by atoms with Crippen LogP contribution in [0.3, 0.4) is 0 Å². The van der Waals surface area contributed by atoms with E-state index in [2.05, 4.69) is 10.6 Å². The zero-order chi connectivity index (χ0) is 19.3. The first kappa shape index (κ1) is 22.0. The molecule has 1 atom stereocenters. The lowest BCUT2D eigenvalue weighted by molar-refractivity contribution is -0.137. The summed E-state index contributed by atoms with van der Waals surface area (Å²) in [5.41, 5.74) is 0.152. The van der Waals surface area contributed by atoms with Gasteiger partial charge in [-0.1, -0.05) is 12.1 Å². The van der Waals surface area contributed by atoms with Crippen LogP contribution in [0.4, 0.5) is 13.2 Å². The number of ether oxygens (including phenoxy) is 2. The number of benzene rings is 2. The quantitative estimate of drug-likeness (QED) is 0.783. The molecule has 152 valence electrons. The van der Waals surface area contributed by atoms with Crippen LogP contribution in [0.5, 0.6) is 11.5 Å². The van der Waals surface area contributed by atoms with Crippen molar-refractivity contribution in [2.45, 2.75) is 18.8 Å². The van der Waals surface area contributed by atoms with E-state index in [9.17, 15) is 18.0 Å². The molecule has 1 saturated heterocycles. The van der Waals surface area contributed by atoms with Crippen molar-refractivity contribution in [3.05, 3.63) is 59.7 Å². The van der Waals surface area contributed by atoms with Crippen LogP contribution in [-0.2, 0) is 22.3 Å². The number of alkyl halides is 3. The molecule has 0 spiro atoms. The van der Waals surface area contributed by atoms with Gasteiger partial charge in [-0.25, -0.2) is 0 Å². The molecule has 3 rings (SSSR count). The number of rotatable bonds is 5. The standard InChI is InChI=1S/C19H19F3N2O3.ClH/c20-19(21,22)14-3-7-16(8-4-14)27-15-5-1-13(2-6-15)11-24-18(25)17-12-26-10-9-23-17;/h1-8,17,23H,9-12H2,(H,24,25);1H. The molecule has 1 fully saturated rings. The molecule has 1 heterocycles. The zero-order valence-corrected chi connectivity index (χ0v) is 15.6. The Balaban J connectivity index is 0.00000280. The summed E-state index contributed by atoms with van der Waals surface area (Å²) in [6.45, 7) is 1.96. The van der Waals surface area contributed by atoms with Crippen molar-refractivity contribution in [2.75, 3.05) is 19.8 Å². The van der Waals surface area contributed by atoms with E-state index in [0.717, 1.165) is 17.7 Å². The maximum atomic E-state index is 12.6. The van der Waals surface area contributed by atoms with Gasteiger partial charge in [0.2, 0.25) is 5.91 Å². The lowest BCUT2D eigenvalue weighted by Crippen LogP contribution is -2.51. The zero-order valence-electron chi connectivity index (χ0n) is 14.8. The third kappa shape index (κ3) is 6.12. The molecule has 1 aliphatic heterocycles. The molecule has 0 radical (unpaired) electrons. The van der Waals surface area contributed by atoms with Crippen LogP contribution >= 0.6 is 12.4 Å². The molecular weight excluding hydrogens is 397 g/mol. The van der Waals surface area contributed by atoms with Gasteiger partial charge in [-0.15, -0.1) is 12.4 Å². The number of hydrogen-bond acceptors (Lipinski definition) is 4. The fourth-order valence-corrected chi connectivity index (χ4v) is 2.57. The molecule has 0 saturated carbocycles. The predicted octanol–water partition coefficient (Wildman–Crippen LogP) is 3.52. The molecule has 2 aromatic carbocycles. The number of nitrogens with one attached hydrogen (secondary N) is 2. The van der Waals surface area contributed by atoms with Crippen LogP contribution in [0.25, 0.3) is 0 Å². The SMILES string of the molecule is Cl.O=C(NCc1ccc(Oc2ccc(C(F)(F)F)cc2)cc1)C1COCCN1. The van der Waals surface area contributed by atoms with Crippen LogP contribution in [0.1, 0.15) is 11.1 Å². The van der Waals surface area contributed by atoms with Gasteiger partial charge in [0.25, 0.3) is 0 Å². The second-order valence-corrected chi connectivity index (χ2v) is 6.07. The average Bonchev–Trinajstić information content (AvgIpc) is 2.67. The van der Waals surface area contributed by atoms with E-state index in [1.165, 1.54) is 12.1 Å². The third-order valence-electron chi connectivity index (χ3n) is 4.05. The van der Waals surface area contributed by atoms with Crippen molar-refractivity contribution in [2.24, 2.45) is 0 Å². The second-order valence-electron chi connectivity index (χ2n) is 6.07. The Kier molecular flexibility index (Phi) is 7.68. The van der Waals surface area contributed by atoms with E-state index >= 15 is 0 Å². The van der Waals surface area contributed by atoms with E-state index in [-0.39, 0.29) is 24.4 Å². The van der Waals surface area contributed by atoms with Gasteiger partial charge >= 0.3 is 6.18 Å². The second kappa shape index (κ2) is 9.77. The van der Waals surface area contributed by atoms with Gasteiger partial charge in [-0.2, -0.15) is 13.2 Å². The Morgan fingerprint density at radius 3 is 2.25 bits per heavy atom. The van der Waals surface area contributed by atoms with Gasteiger partial charge in [0.05, 0.1) is 18.8 Å². The van der Waals surface area contributed by atoms with Gasteiger partial charge in [-0.05, 0) is 42.0 Å². The largest absolute Gasteiger partial charge is 0.457 e. The van der Waals surface area contributed by atoms with E-state index < -0.39 is 11.7 Å². The highest BCUT2D eigenvalue weighted by atomic mass is 35.5. The third-order valence-corrected chi connectivity index (χ3v) is 4.05. The van der Waals surface area contributed by atoms with Crippen molar-refractivity contribution in [1.82, 2.24) is 10.6 Å². The van der Waals surface area contributed by atoms with Crippen LogP contribution < -0.4 is 15.4 Å². The Morgan fingerprint density at radius 1 is 1.11 bits per heavy atom. The van der Waals surface area contributed by atoms with Gasteiger partial charge < -0.3 is 20.1 Å². The van der Waals surface area contributed by atoms with E-state index in [1.54, 1.807) is 24.3 Å². The molecule has 2 N–H and O–H groups in total. The molecule has 0 bridgehead atoms. The lowest BCUT2D eigenvalue weighted by Gasteiger charge is -2.22. The summed E-state index contributed by atoms with van der Waals surface area (Å²) in [7, 11) is 0. The monoisotopic (exact) mass is 416 g/mol. The van der Waals surface area contributed by atoms with Crippen molar-refractivity contribution in [3.8, 4) is 11.5 Å². The van der Waals surface area contributed by atoms with Gasteiger partial charge in [0, 0.05) is 13.1 Å². The molecule has 1 amide bonds. The lowest BCUT2D eigenvalue weighted by atomic mass is 10.2. The number of carbonyl (C=O) groups is 1. The molecule has 0 aromatic heterocycles. The highest BCUT2D eigenvalue weighted by Gasteiger charge is 2.30. The normalized spacial score (nSPS) is 16.8. The summed E-state index contributed by atoms with van der Waals surface area (Å²) >= 11 is 0. The van der Waals surface area contributed by atoms with Crippen LogP contribution in [0.15, 0.2) is 48.5 Å². The molecule has 0 aliphatic carbocycles. The molecule has 9 heteroatoms. The van der Waals surface area contributed by atoms with Crippen molar-refractivity contribution in [1.29, 1.82) is 0 Å². The molecule has 1 aliphatic rings. The van der Waals surface area contributed by atoms with Gasteiger partial charge in [-0.3, -0.25) is 4.79 Å². The smallest absolute Gasteiger partial charge is 0.416 e. The highest BCUT2D eigenvalue weighted by Crippen LogP contribution is 2.31. The Bertz CT molecular complexity index is 761. The number of morpholine rings is 1. The molecule has 2 aromatic rings. The number of amides is 1. The molecule has 28 heavy (non-hydrogen) atoms. The predicted molar refractivity (Wildman–Crippen MR) is 99.7 cm³/mol. The van der Waals surface area contributed by atoms with Crippen LogP contribution in [0, 0.1) is 0 Å².